The van der Waals surface area contributed by atoms with Gasteiger partial charge in [0.25, 0.3) is 0 Å². The van der Waals surface area contributed by atoms with Crippen molar-refractivity contribution in [1.82, 2.24) is 15.1 Å². The van der Waals surface area contributed by atoms with Gasteiger partial charge < -0.3 is 16.0 Å². The monoisotopic (exact) mass is 212 g/mol. The van der Waals surface area contributed by atoms with Crippen LogP contribution in [0.5, 0.6) is 0 Å². The topological polar surface area (TPSA) is 44.5 Å². The number of nitrogens with zero attached hydrogens (tertiary/aromatic N) is 2. The smallest absolute Gasteiger partial charge is 0.0324 e. The van der Waals surface area contributed by atoms with Gasteiger partial charge in [0.05, 0.1) is 0 Å². The lowest BCUT2D eigenvalue weighted by molar-refractivity contribution is 0.0756. The van der Waals surface area contributed by atoms with Crippen LogP contribution in [0.2, 0.25) is 0 Å². The highest BCUT2D eigenvalue weighted by Gasteiger charge is 2.29. The molecule has 0 saturated carbocycles. The normalized spacial score (nSPS) is 35.6. The molecule has 0 bridgehead atoms. The van der Waals surface area contributed by atoms with Crippen molar-refractivity contribution in [2.45, 2.75) is 25.4 Å². The van der Waals surface area contributed by atoms with Crippen LogP contribution in [0, 0.1) is 0 Å². The number of piperidine rings is 1. The number of hydrogen-bond acceptors (Lipinski definition) is 4. The molecular weight excluding hydrogens is 188 g/mol. The summed E-state index contributed by atoms with van der Waals surface area (Å²) in [7, 11) is 0. The van der Waals surface area contributed by atoms with Crippen molar-refractivity contribution < 1.29 is 0 Å². The van der Waals surface area contributed by atoms with E-state index in [1.54, 1.807) is 0 Å². The molecule has 2 atom stereocenters. The number of piperazine rings is 1. The molecule has 15 heavy (non-hydrogen) atoms. The van der Waals surface area contributed by atoms with Crippen molar-refractivity contribution in [3.63, 3.8) is 0 Å². The highest BCUT2D eigenvalue weighted by molar-refractivity contribution is 4.90. The van der Waals surface area contributed by atoms with Crippen LogP contribution in [0.1, 0.15) is 13.3 Å². The highest BCUT2D eigenvalue weighted by atomic mass is 15.3. The Balaban J connectivity index is 1.83. The van der Waals surface area contributed by atoms with E-state index < -0.39 is 0 Å². The molecule has 0 spiro atoms. The fraction of sp³-hybridized carbons (Fsp3) is 1.00. The standard InChI is InChI=1S/C11H24N4/c1-2-14-5-7-15(8-6-14)11-3-4-13-9-10(11)12/h10-11,13H,2-9,12H2,1H3. The molecule has 2 aliphatic heterocycles. The van der Waals surface area contributed by atoms with Crippen molar-refractivity contribution in [2.75, 3.05) is 45.8 Å². The maximum Gasteiger partial charge on any atom is 0.0324 e. The number of nitrogens with one attached hydrogen (secondary N) is 1. The molecule has 2 saturated heterocycles. The third-order valence-corrected chi connectivity index (χ3v) is 3.81. The minimum absolute atomic E-state index is 0.326. The first kappa shape index (κ1) is 11.3. The van der Waals surface area contributed by atoms with Crippen LogP contribution in [-0.4, -0.2) is 67.7 Å². The third-order valence-electron chi connectivity index (χ3n) is 3.81. The van der Waals surface area contributed by atoms with E-state index in [-0.39, 0.29) is 0 Å². The van der Waals surface area contributed by atoms with E-state index >= 15 is 0 Å². The van der Waals surface area contributed by atoms with Crippen molar-refractivity contribution >= 4 is 0 Å². The van der Waals surface area contributed by atoms with E-state index in [0.717, 1.165) is 13.1 Å². The van der Waals surface area contributed by atoms with E-state index in [1.165, 1.54) is 39.1 Å². The second-order valence-corrected chi connectivity index (χ2v) is 4.69. The lowest BCUT2D eigenvalue weighted by Gasteiger charge is -2.43. The fourth-order valence-corrected chi connectivity index (χ4v) is 2.73. The van der Waals surface area contributed by atoms with E-state index in [9.17, 15) is 0 Å². The molecule has 4 heteroatoms. The Kier molecular flexibility index (Phi) is 3.97. The SMILES string of the molecule is CCN1CCN(C2CCNCC2N)CC1. The zero-order valence-electron chi connectivity index (χ0n) is 9.78. The van der Waals surface area contributed by atoms with Gasteiger partial charge in [-0.25, -0.2) is 0 Å². The molecule has 88 valence electrons. The molecule has 4 nitrogen and oxygen atoms in total. The summed E-state index contributed by atoms with van der Waals surface area (Å²) in [6, 6.07) is 0.942. The van der Waals surface area contributed by atoms with Crippen LogP contribution < -0.4 is 11.1 Å². The lowest BCUT2D eigenvalue weighted by Crippen LogP contribution is -2.60. The minimum Gasteiger partial charge on any atom is -0.325 e. The molecule has 2 rings (SSSR count). The third kappa shape index (κ3) is 2.69. The van der Waals surface area contributed by atoms with Crippen molar-refractivity contribution in [2.24, 2.45) is 5.73 Å². The maximum absolute atomic E-state index is 6.16. The van der Waals surface area contributed by atoms with Gasteiger partial charge in [-0.05, 0) is 19.5 Å². The predicted molar refractivity (Wildman–Crippen MR) is 62.9 cm³/mol. The van der Waals surface area contributed by atoms with Crippen LogP contribution in [0.4, 0.5) is 0 Å². The molecule has 0 amide bonds. The number of rotatable bonds is 2. The summed E-state index contributed by atoms with van der Waals surface area (Å²) in [6.07, 6.45) is 1.22. The van der Waals surface area contributed by atoms with Gasteiger partial charge in [-0.2, -0.15) is 0 Å². The highest BCUT2D eigenvalue weighted by Crippen LogP contribution is 2.13. The molecule has 0 aromatic heterocycles. The van der Waals surface area contributed by atoms with Gasteiger partial charge in [0.2, 0.25) is 0 Å². The molecule has 2 fully saturated rings. The van der Waals surface area contributed by atoms with Gasteiger partial charge >= 0.3 is 0 Å². The van der Waals surface area contributed by atoms with Gasteiger partial charge in [-0.3, -0.25) is 4.90 Å². The Bertz CT molecular complexity index is 189. The van der Waals surface area contributed by atoms with Crippen molar-refractivity contribution in [3.8, 4) is 0 Å². The summed E-state index contributed by atoms with van der Waals surface area (Å²) in [5, 5.41) is 3.36. The predicted octanol–water partition coefficient (Wildman–Crippen LogP) is -0.687. The molecule has 0 aliphatic carbocycles. The van der Waals surface area contributed by atoms with E-state index in [1.807, 2.05) is 0 Å². The van der Waals surface area contributed by atoms with Crippen LogP contribution in [0.3, 0.4) is 0 Å². The lowest BCUT2D eigenvalue weighted by atomic mass is 9.99. The van der Waals surface area contributed by atoms with Crippen LogP contribution in [-0.2, 0) is 0 Å². The average Bonchev–Trinajstić information content (AvgIpc) is 2.30. The molecule has 2 heterocycles. The Morgan fingerprint density at radius 1 is 1.27 bits per heavy atom. The quantitative estimate of drug-likeness (QED) is 0.636. The number of likely N-dealkylation sites (N-methyl/N-ethyl adjacent to an activating group) is 1. The van der Waals surface area contributed by atoms with E-state index in [0.29, 0.717) is 12.1 Å². The van der Waals surface area contributed by atoms with Gasteiger partial charge in [0.15, 0.2) is 0 Å². The number of nitrogens with two attached hydrogens (primary N) is 1. The number of hydrogen-bond donors (Lipinski definition) is 2. The zero-order chi connectivity index (χ0) is 10.7. The van der Waals surface area contributed by atoms with Crippen molar-refractivity contribution in [1.29, 1.82) is 0 Å². The summed E-state index contributed by atoms with van der Waals surface area (Å²) < 4.78 is 0. The Labute approximate surface area is 92.8 Å². The van der Waals surface area contributed by atoms with Gasteiger partial charge in [-0.15, -0.1) is 0 Å². The molecule has 0 radical (unpaired) electrons. The first-order chi connectivity index (χ1) is 7.31. The summed E-state index contributed by atoms with van der Waals surface area (Å²) in [5.41, 5.74) is 6.16. The van der Waals surface area contributed by atoms with Crippen LogP contribution >= 0.6 is 0 Å². The second kappa shape index (κ2) is 5.25. The van der Waals surface area contributed by atoms with Gasteiger partial charge in [0, 0.05) is 44.8 Å². The zero-order valence-corrected chi connectivity index (χ0v) is 9.78. The molecular formula is C11H24N4. The average molecular weight is 212 g/mol. The molecule has 2 unspecified atom stereocenters. The van der Waals surface area contributed by atoms with Crippen LogP contribution in [0.15, 0.2) is 0 Å². The first-order valence-electron chi connectivity index (χ1n) is 6.24. The summed E-state index contributed by atoms with van der Waals surface area (Å²) >= 11 is 0. The fourth-order valence-electron chi connectivity index (χ4n) is 2.73. The Morgan fingerprint density at radius 2 is 2.00 bits per heavy atom. The van der Waals surface area contributed by atoms with E-state index in [4.69, 9.17) is 5.73 Å². The molecule has 0 aromatic rings. The summed E-state index contributed by atoms with van der Waals surface area (Å²) in [4.78, 5) is 5.11. The van der Waals surface area contributed by atoms with Gasteiger partial charge in [0.1, 0.15) is 0 Å². The summed E-state index contributed by atoms with van der Waals surface area (Å²) in [6.45, 7) is 10.4. The molecule has 0 aromatic carbocycles. The van der Waals surface area contributed by atoms with Crippen molar-refractivity contribution in [3.05, 3.63) is 0 Å². The molecule has 2 aliphatic rings. The molecule has 3 N–H and O–H groups in total. The minimum atomic E-state index is 0.326. The summed E-state index contributed by atoms with van der Waals surface area (Å²) in [5.74, 6) is 0. The first-order valence-corrected chi connectivity index (χ1v) is 6.24. The van der Waals surface area contributed by atoms with E-state index in [2.05, 4.69) is 22.0 Å². The Hall–Kier alpha value is -0.160. The largest absolute Gasteiger partial charge is 0.325 e. The second-order valence-electron chi connectivity index (χ2n) is 4.69. The maximum atomic E-state index is 6.16. The van der Waals surface area contributed by atoms with Gasteiger partial charge in [-0.1, -0.05) is 6.92 Å². The van der Waals surface area contributed by atoms with Crippen LogP contribution in [0.25, 0.3) is 0 Å². The Morgan fingerprint density at radius 3 is 2.60 bits per heavy atom.